The zero-order valence-corrected chi connectivity index (χ0v) is 17.7. The summed E-state index contributed by atoms with van der Waals surface area (Å²) in [6, 6.07) is 8.50. The molecule has 0 radical (unpaired) electrons. The van der Waals surface area contributed by atoms with E-state index >= 15 is 0 Å². The first-order chi connectivity index (χ1) is 13.9. The SMILES string of the molecule is CN(C)CCCNc1oc(-c2ccc(S(=O)(=O)N3CCCCC3)cc2)nc1C#N. The average Bonchev–Trinajstić information content (AvgIpc) is 3.15. The summed E-state index contributed by atoms with van der Waals surface area (Å²) >= 11 is 0. The van der Waals surface area contributed by atoms with Crippen molar-refractivity contribution >= 4 is 15.9 Å². The normalized spacial score (nSPS) is 15.4. The molecule has 0 spiro atoms. The van der Waals surface area contributed by atoms with Crippen molar-refractivity contribution in [2.75, 3.05) is 45.6 Å². The summed E-state index contributed by atoms with van der Waals surface area (Å²) in [6.45, 7) is 2.72. The molecule has 0 bridgehead atoms. The quantitative estimate of drug-likeness (QED) is 0.659. The third-order valence-electron chi connectivity index (χ3n) is 4.85. The Bertz CT molecular complexity index is 955. The maximum Gasteiger partial charge on any atom is 0.243 e. The molecule has 9 heteroatoms. The Balaban J connectivity index is 1.73. The van der Waals surface area contributed by atoms with Crippen LogP contribution >= 0.6 is 0 Å². The van der Waals surface area contributed by atoms with E-state index < -0.39 is 10.0 Å². The van der Waals surface area contributed by atoms with Gasteiger partial charge in [0.2, 0.25) is 27.5 Å². The van der Waals surface area contributed by atoms with Gasteiger partial charge in [0.05, 0.1) is 4.90 Å². The fourth-order valence-corrected chi connectivity index (χ4v) is 4.78. The topological polar surface area (TPSA) is 102 Å². The second-order valence-corrected chi connectivity index (χ2v) is 9.32. The smallest absolute Gasteiger partial charge is 0.243 e. The van der Waals surface area contributed by atoms with Crippen LogP contribution in [0.25, 0.3) is 11.5 Å². The number of piperidine rings is 1. The number of hydrogen-bond donors (Lipinski definition) is 1. The van der Waals surface area contributed by atoms with Gasteiger partial charge in [0.1, 0.15) is 6.07 Å². The number of nitriles is 1. The average molecular weight is 418 g/mol. The molecule has 1 aliphatic heterocycles. The molecule has 29 heavy (non-hydrogen) atoms. The van der Waals surface area contributed by atoms with Gasteiger partial charge in [0, 0.05) is 25.2 Å². The largest absolute Gasteiger partial charge is 0.419 e. The van der Waals surface area contributed by atoms with E-state index in [4.69, 9.17) is 4.42 Å². The molecule has 1 fully saturated rings. The fourth-order valence-electron chi connectivity index (χ4n) is 3.26. The summed E-state index contributed by atoms with van der Waals surface area (Å²) in [4.78, 5) is 6.58. The lowest BCUT2D eigenvalue weighted by Gasteiger charge is -2.25. The van der Waals surface area contributed by atoms with Gasteiger partial charge < -0.3 is 14.6 Å². The number of nitrogens with zero attached hydrogens (tertiary/aromatic N) is 4. The van der Waals surface area contributed by atoms with Crippen molar-refractivity contribution in [2.24, 2.45) is 0 Å². The minimum absolute atomic E-state index is 0.190. The lowest BCUT2D eigenvalue weighted by Crippen LogP contribution is -2.35. The van der Waals surface area contributed by atoms with Crippen LogP contribution in [-0.2, 0) is 10.0 Å². The minimum Gasteiger partial charge on any atom is -0.419 e. The molecule has 0 unspecified atom stereocenters. The van der Waals surface area contributed by atoms with Crippen LogP contribution < -0.4 is 5.32 Å². The van der Waals surface area contributed by atoms with Crippen molar-refractivity contribution in [1.82, 2.24) is 14.2 Å². The third kappa shape index (κ3) is 5.15. The van der Waals surface area contributed by atoms with E-state index in [0.717, 1.165) is 32.2 Å². The molecule has 1 N–H and O–H groups in total. The van der Waals surface area contributed by atoms with Gasteiger partial charge in [0.15, 0.2) is 0 Å². The van der Waals surface area contributed by atoms with Crippen LogP contribution in [0.2, 0.25) is 0 Å². The van der Waals surface area contributed by atoms with Crippen molar-refractivity contribution in [3.8, 4) is 17.5 Å². The molecule has 2 heterocycles. The van der Waals surface area contributed by atoms with Gasteiger partial charge in [-0.2, -0.15) is 14.6 Å². The highest BCUT2D eigenvalue weighted by molar-refractivity contribution is 7.89. The van der Waals surface area contributed by atoms with E-state index in [0.29, 0.717) is 37.0 Å². The van der Waals surface area contributed by atoms with E-state index in [9.17, 15) is 13.7 Å². The number of anilines is 1. The van der Waals surface area contributed by atoms with Crippen LogP contribution in [0.5, 0.6) is 0 Å². The maximum absolute atomic E-state index is 12.8. The molecule has 3 rings (SSSR count). The fraction of sp³-hybridized carbons (Fsp3) is 0.500. The van der Waals surface area contributed by atoms with Gasteiger partial charge in [-0.3, -0.25) is 0 Å². The summed E-state index contributed by atoms with van der Waals surface area (Å²) in [5, 5.41) is 12.4. The van der Waals surface area contributed by atoms with Crippen molar-refractivity contribution in [2.45, 2.75) is 30.6 Å². The zero-order valence-electron chi connectivity index (χ0n) is 16.9. The molecule has 1 aliphatic rings. The molecule has 0 amide bonds. The first kappa shape index (κ1) is 21.3. The molecule has 0 saturated carbocycles. The van der Waals surface area contributed by atoms with Crippen LogP contribution in [0.15, 0.2) is 33.6 Å². The molecular weight excluding hydrogens is 390 g/mol. The van der Waals surface area contributed by atoms with Crippen molar-refractivity contribution in [3.63, 3.8) is 0 Å². The van der Waals surface area contributed by atoms with Crippen molar-refractivity contribution in [3.05, 3.63) is 30.0 Å². The van der Waals surface area contributed by atoms with E-state index in [1.165, 1.54) is 0 Å². The number of nitrogens with one attached hydrogen (secondary N) is 1. The van der Waals surface area contributed by atoms with Gasteiger partial charge in [-0.1, -0.05) is 6.42 Å². The molecule has 1 saturated heterocycles. The number of hydrogen-bond acceptors (Lipinski definition) is 7. The summed E-state index contributed by atoms with van der Waals surface area (Å²) in [5.74, 6) is 0.629. The molecule has 1 aromatic carbocycles. The summed E-state index contributed by atoms with van der Waals surface area (Å²) in [5.41, 5.74) is 0.815. The maximum atomic E-state index is 12.8. The van der Waals surface area contributed by atoms with Gasteiger partial charge >= 0.3 is 0 Å². The predicted molar refractivity (Wildman–Crippen MR) is 111 cm³/mol. The Morgan fingerprint density at radius 1 is 1.21 bits per heavy atom. The van der Waals surface area contributed by atoms with Gasteiger partial charge in [-0.05, 0) is 64.2 Å². The van der Waals surface area contributed by atoms with E-state index in [2.05, 4.69) is 15.2 Å². The van der Waals surface area contributed by atoms with Crippen LogP contribution in [-0.4, -0.2) is 62.9 Å². The van der Waals surface area contributed by atoms with E-state index in [1.54, 1.807) is 28.6 Å². The first-order valence-corrected chi connectivity index (χ1v) is 11.3. The van der Waals surface area contributed by atoms with E-state index in [-0.39, 0.29) is 10.6 Å². The van der Waals surface area contributed by atoms with Crippen molar-refractivity contribution < 1.29 is 12.8 Å². The van der Waals surface area contributed by atoms with E-state index in [1.807, 2.05) is 20.2 Å². The number of oxazole rings is 1. The molecule has 156 valence electrons. The highest BCUT2D eigenvalue weighted by Crippen LogP contribution is 2.27. The molecule has 1 aromatic heterocycles. The number of sulfonamides is 1. The Labute approximate surface area is 172 Å². The van der Waals surface area contributed by atoms with Crippen LogP contribution in [0.4, 0.5) is 5.88 Å². The first-order valence-electron chi connectivity index (χ1n) is 9.82. The monoisotopic (exact) mass is 417 g/mol. The molecule has 2 aromatic rings. The molecule has 8 nitrogen and oxygen atoms in total. The summed E-state index contributed by atoms with van der Waals surface area (Å²) in [6.07, 6.45) is 3.77. The molecule has 0 aliphatic carbocycles. The second kappa shape index (κ2) is 9.39. The number of rotatable bonds is 8. The highest BCUT2D eigenvalue weighted by Gasteiger charge is 2.26. The van der Waals surface area contributed by atoms with Crippen LogP contribution in [0.1, 0.15) is 31.4 Å². The van der Waals surface area contributed by atoms with Gasteiger partial charge in [0.25, 0.3) is 0 Å². The Morgan fingerprint density at radius 2 is 1.90 bits per heavy atom. The molecule has 0 atom stereocenters. The second-order valence-electron chi connectivity index (χ2n) is 7.38. The van der Waals surface area contributed by atoms with Gasteiger partial charge in [-0.15, -0.1) is 0 Å². The van der Waals surface area contributed by atoms with Crippen LogP contribution in [0.3, 0.4) is 0 Å². The Kier molecular flexibility index (Phi) is 6.90. The lowest BCUT2D eigenvalue weighted by atomic mass is 10.2. The zero-order chi connectivity index (χ0) is 20.9. The Hall–Kier alpha value is -2.41. The minimum atomic E-state index is -3.48. The lowest BCUT2D eigenvalue weighted by molar-refractivity contribution is 0.346. The predicted octanol–water partition coefficient (Wildman–Crippen LogP) is 2.75. The Morgan fingerprint density at radius 3 is 2.52 bits per heavy atom. The third-order valence-corrected chi connectivity index (χ3v) is 6.77. The summed E-state index contributed by atoms with van der Waals surface area (Å²) in [7, 11) is 0.528. The number of benzene rings is 1. The number of aromatic nitrogens is 1. The van der Waals surface area contributed by atoms with Crippen LogP contribution in [0, 0.1) is 11.3 Å². The van der Waals surface area contributed by atoms with Gasteiger partial charge in [-0.25, -0.2) is 8.42 Å². The summed E-state index contributed by atoms with van der Waals surface area (Å²) < 4.78 is 32.8. The standard InChI is InChI=1S/C20H27N5O3S/c1-24(2)12-6-11-22-20-18(15-21)23-19(28-20)16-7-9-17(10-8-16)29(26,27)25-13-4-3-5-14-25/h7-10,22H,3-6,11-14H2,1-2H3. The van der Waals surface area contributed by atoms with Crippen molar-refractivity contribution in [1.29, 1.82) is 5.26 Å². The molecular formula is C20H27N5O3S. The highest BCUT2D eigenvalue weighted by atomic mass is 32.2.